The number of hydrogen-bond donors (Lipinski definition) is 1. The van der Waals surface area contributed by atoms with Crippen LogP contribution >= 0.6 is 11.8 Å². The zero-order chi connectivity index (χ0) is 19.3. The second-order valence-electron chi connectivity index (χ2n) is 6.63. The summed E-state index contributed by atoms with van der Waals surface area (Å²) in [6.45, 7) is 3.98. The number of aryl methyl sites for hydroxylation is 1. The van der Waals surface area contributed by atoms with Crippen LogP contribution in [0.2, 0.25) is 0 Å². The van der Waals surface area contributed by atoms with Crippen molar-refractivity contribution in [2.24, 2.45) is 0 Å². The molecule has 1 N–H and O–H groups in total. The van der Waals surface area contributed by atoms with E-state index >= 15 is 0 Å². The molecule has 3 heterocycles. The maximum Gasteiger partial charge on any atom is 0.277 e. The Hall–Kier alpha value is -2.81. The second-order valence-corrected chi connectivity index (χ2v) is 7.55. The molecule has 1 aliphatic rings. The van der Waals surface area contributed by atoms with Crippen molar-refractivity contribution in [3.63, 3.8) is 0 Å². The molecule has 1 aliphatic heterocycles. The van der Waals surface area contributed by atoms with Crippen LogP contribution in [0.5, 0.6) is 0 Å². The fraction of sp³-hybridized carbons (Fsp3) is 0.368. The number of piperidine rings is 1. The summed E-state index contributed by atoms with van der Waals surface area (Å²) >= 11 is 1.18. The number of aromatic nitrogens is 3. The van der Waals surface area contributed by atoms with Crippen LogP contribution in [0.1, 0.15) is 25.0 Å². The van der Waals surface area contributed by atoms with Crippen molar-refractivity contribution in [3.8, 4) is 11.6 Å². The van der Waals surface area contributed by atoms with Gasteiger partial charge in [0.1, 0.15) is 5.76 Å². The van der Waals surface area contributed by atoms with Crippen molar-refractivity contribution < 1.29 is 13.7 Å². The Bertz CT molecular complexity index is 931. The Morgan fingerprint density at radius 3 is 2.68 bits per heavy atom. The number of rotatable bonds is 6. The summed E-state index contributed by atoms with van der Waals surface area (Å²) in [4.78, 5) is 14.6. The highest BCUT2D eigenvalue weighted by Crippen LogP contribution is 2.24. The monoisotopic (exact) mass is 399 g/mol. The minimum absolute atomic E-state index is 0.132. The maximum absolute atomic E-state index is 12.2. The van der Waals surface area contributed by atoms with Crippen molar-refractivity contribution in [2.45, 2.75) is 31.4 Å². The minimum Gasteiger partial charge on any atom is -0.409 e. The van der Waals surface area contributed by atoms with E-state index in [1.165, 1.54) is 36.7 Å². The Morgan fingerprint density at radius 2 is 1.96 bits per heavy atom. The van der Waals surface area contributed by atoms with Crippen LogP contribution < -0.4 is 10.2 Å². The van der Waals surface area contributed by atoms with Gasteiger partial charge in [0.2, 0.25) is 5.91 Å². The summed E-state index contributed by atoms with van der Waals surface area (Å²) in [6.07, 6.45) is 3.79. The lowest BCUT2D eigenvalue weighted by Crippen LogP contribution is -2.29. The lowest BCUT2D eigenvalue weighted by molar-refractivity contribution is -0.113. The zero-order valence-electron chi connectivity index (χ0n) is 15.6. The molecule has 1 amide bonds. The van der Waals surface area contributed by atoms with Gasteiger partial charge in [-0.25, -0.2) is 0 Å². The average Bonchev–Trinajstić information content (AvgIpc) is 3.36. The van der Waals surface area contributed by atoms with Crippen molar-refractivity contribution in [1.82, 2.24) is 15.4 Å². The van der Waals surface area contributed by atoms with Crippen molar-refractivity contribution in [2.75, 3.05) is 29.1 Å². The van der Waals surface area contributed by atoms with Crippen LogP contribution in [0.4, 0.5) is 11.4 Å². The number of carbonyl (C=O) groups is 1. The third kappa shape index (κ3) is 4.53. The highest BCUT2D eigenvalue weighted by molar-refractivity contribution is 7.99. The summed E-state index contributed by atoms with van der Waals surface area (Å²) in [7, 11) is 0. The van der Waals surface area contributed by atoms with Crippen LogP contribution in [-0.2, 0) is 4.79 Å². The molecule has 0 radical (unpaired) electrons. The van der Waals surface area contributed by atoms with E-state index in [1.54, 1.807) is 13.0 Å². The quantitative estimate of drug-likeness (QED) is 0.626. The minimum atomic E-state index is -0.132. The van der Waals surface area contributed by atoms with E-state index in [1.807, 2.05) is 12.1 Å². The topological polar surface area (TPSA) is 97.3 Å². The molecule has 3 aromatic rings. The molecule has 0 spiro atoms. The smallest absolute Gasteiger partial charge is 0.277 e. The molecule has 1 saturated heterocycles. The van der Waals surface area contributed by atoms with Gasteiger partial charge in [0, 0.05) is 30.5 Å². The molecule has 0 unspecified atom stereocenters. The first kappa shape index (κ1) is 18.5. The SMILES string of the molecule is Cc1cc(-c2nnc(SCC(=O)Nc3ccc(N4CCCCC4)cc3)o2)no1. The maximum atomic E-state index is 12.2. The van der Waals surface area contributed by atoms with Gasteiger partial charge in [-0.2, -0.15) is 0 Å². The molecule has 0 bridgehead atoms. The van der Waals surface area contributed by atoms with Crippen LogP contribution in [-0.4, -0.2) is 40.1 Å². The van der Waals surface area contributed by atoms with Gasteiger partial charge in [-0.3, -0.25) is 4.79 Å². The predicted octanol–water partition coefficient (Wildman–Crippen LogP) is 3.75. The highest BCUT2D eigenvalue weighted by atomic mass is 32.2. The molecule has 28 heavy (non-hydrogen) atoms. The van der Waals surface area contributed by atoms with Crippen LogP contribution in [0.25, 0.3) is 11.6 Å². The fourth-order valence-corrected chi connectivity index (χ4v) is 3.63. The molecule has 0 aliphatic carbocycles. The van der Waals surface area contributed by atoms with Crippen LogP contribution in [0, 0.1) is 6.92 Å². The molecule has 1 aromatic carbocycles. The fourth-order valence-electron chi connectivity index (χ4n) is 3.07. The molecule has 146 valence electrons. The number of amides is 1. The lowest BCUT2D eigenvalue weighted by atomic mass is 10.1. The molecule has 0 atom stereocenters. The first-order valence-electron chi connectivity index (χ1n) is 9.22. The van der Waals surface area contributed by atoms with Crippen molar-refractivity contribution >= 4 is 29.0 Å². The Balaban J connectivity index is 1.28. The molecule has 8 nitrogen and oxygen atoms in total. The Morgan fingerprint density at radius 1 is 1.18 bits per heavy atom. The molecule has 1 fully saturated rings. The Kier molecular flexibility index (Phi) is 5.61. The van der Waals surface area contributed by atoms with Crippen molar-refractivity contribution in [3.05, 3.63) is 36.1 Å². The molecule has 9 heteroatoms. The van der Waals surface area contributed by atoms with Crippen LogP contribution in [0.3, 0.4) is 0 Å². The van der Waals surface area contributed by atoms with Gasteiger partial charge in [-0.05, 0) is 50.5 Å². The summed E-state index contributed by atoms with van der Waals surface area (Å²) in [5, 5.41) is 14.9. The van der Waals surface area contributed by atoms with Gasteiger partial charge in [0.05, 0.1) is 5.75 Å². The lowest BCUT2D eigenvalue weighted by Gasteiger charge is -2.28. The Labute approximate surface area is 166 Å². The van der Waals surface area contributed by atoms with E-state index in [4.69, 9.17) is 8.94 Å². The van der Waals surface area contributed by atoms with E-state index in [0.29, 0.717) is 16.7 Å². The third-order valence-corrected chi connectivity index (χ3v) is 5.27. The molecule has 2 aromatic heterocycles. The number of carbonyl (C=O) groups excluding carboxylic acids is 1. The van der Waals surface area contributed by atoms with E-state index in [2.05, 4.69) is 37.7 Å². The van der Waals surface area contributed by atoms with E-state index in [0.717, 1.165) is 18.8 Å². The van der Waals surface area contributed by atoms with Gasteiger partial charge in [-0.1, -0.05) is 16.9 Å². The van der Waals surface area contributed by atoms with Gasteiger partial charge in [0.15, 0.2) is 5.69 Å². The summed E-state index contributed by atoms with van der Waals surface area (Å²) in [5.74, 6) is 0.974. The van der Waals surface area contributed by atoms with Crippen LogP contribution in [0.15, 0.2) is 44.5 Å². The average molecular weight is 399 g/mol. The zero-order valence-corrected chi connectivity index (χ0v) is 16.4. The van der Waals surface area contributed by atoms with Gasteiger partial charge in [-0.15, -0.1) is 10.2 Å². The highest BCUT2D eigenvalue weighted by Gasteiger charge is 2.15. The first-order chi connectivity index (χ1) is 13.7. The standard InChI is InChI=1S/C19H21N5O3S/c1-13-11-16(23-27-13)18-21-22-19(26-18)28-12-17(25)20-14-5-7-15(8-6-14)24-9-3-2-4-10-24/h5-8,11H,2-4,9-10,12H2,1H3,(H,20,25). The van der Waals surface area contributed by atoms with E-state index < -0.39 is 0 Å². The molecule has 4 rings (SSSR count). The molecular formula is C19H21N5O3S. The summed E-state index contributed by atoms with van der Waals surface area (Å²) in [5.41, 5.74) is 2.46. The van der Waals surface area contributed by atoms with Gasteiger partial charge >= 0.3 is 0 Å². The number of thioether (sulfide) groups is 1. The number of hydrogen-bond acceptors (Lipinski definition) is 8. The normalized spacial score (nSPS) is 14.2. The largest absolute Gasteiger partial charge is 0.409 e. The van der Waals surface area contributed by atoms with Crippen molar-refractivity contribution in [1.29, 1.82) is 0 Å². The predicted molar refractivity (Wildman–Crippen MR) is 106 cm³/mol. The van der Waals surface area contributed by atoms with E-state index in [9.17, 15) is 4.79 Å². The third-order valence-electron chi connectivity index (χ3n) is 4.45. The summed E-state index contributed by atoms with van der Waals surface area (Å²) < 4.78 is 10.5. The summed E-state index contributed by atoms with van der Waals surface area (Å²) in [6, 6.07) is 9.69. The number of nitrogens with one attached hydrogen (secondary N) is 1. The van der Waals surface area contributed by atoms with Gasteiger partial charge < -0.3 is 19.2 Å². The number of benzene rings is 1. The molecule has 0 saturated carbocycles. The second kappa shape index (κ2) is 8.47. The first-order valence-corrected chi connectivity index (χ1v) is 10.2. The van der Waals surface area contributed by atoms with Gasteiger partial charge in [0.25, 0.3) is 11.1 Å². The molecular weight excluding hydrogens is 378 g/mol. The number of nitrogens with zero attached hydrogens (tertiary/aromatic N) is 4. The number of anilines is 2. The van der Waals surface area contributed by atoms with E-state index in [-0.39, 0.29) is 17.6 Å².